The van der Waals surface area contributed by atoms with Crippen LogP contribution in [-0.4, -0.2) is 35.2 Å². The zero-order valence-corrected chi connectivity index (χ0v) is 17.4. The lowest BCUT2D eigenvalue weighted by Gasteiger charge is -2.08. The maximum atomic E-state index is 12.9. The van der Waals surface area contributed by atoms with Gasteiger partial charge in [-0.3, -0.25) is 14.2 Å². The van der Waals surface area contributed by atoms with Crippen LogP contribution in [0.5, 0.6) is 0 Å². The van der Waals surface area contributed by atoms with Crippen LogP contribution in [0.3, 0.4) is 0 Å². The molecule has 0 atom stereocenters. The molecule has 4 rings (SSSR count). The molecule has 0 spiro atoms. The summed E-state index contributed by atoms with van der Waals surface area (Å²) in [6, 6.07) is 6.59. The second-order valence-electron chi connectivity index (χ2n) is 6.66. The van der Waals surface area contributed by atoms with Crippen LogP contribution in [0, 0.1) is 0 Å². The third kappa shape index (κ3) is 5.20. The number of aromatic nitrogens is 6. The number of benzene rings is 1. The lowest BCUT2D eigenvalue weighted by Crippen LogP contribution is -2.14. The van der Waals surface area contributed by atoms with E-state index in [2.05, 4.69) is 36.5 Å². The fraction of sp³-hybridized carbons (Fsp3) is 0.158. The highest BCUT2D eigenvalue weighted by Gasteiger charge is 2.30. The Morgan fingerprint density at radius 2 is 1.87 bits per heavy atom. The smallest absolute Gasteiger partial charge is 0.318 e. The number of carbonyl (C=O) groups is 1. The maximum Gasteiger partial charge on any atom is 0.416 e. The Morgan fingerprint density at radius 3 is 2.61 bits per heavy atom. The normalized spacial score (nSPS) is 11.6. The van der Waals surface area contributed by atoms with E-state index in [0.717, 1.165) is 16.6 Å². The van der Waals surface area contributed by atoms with E-state index in [0.29, 0.717) is 17.9 Å². The number of nitrogens with zero attached hydrogens (tertiary/aromatic N) is 6. The predicted octanol–water partition coefficient (Wildman–Crippen LogP) is 3.86. The van der Waals surface area contributed by atoms with E-state index < -0.39 is 17.6 Å². The lowest BCUT2D eigenvalue weighted by molar-refractivity contribution is -0.137. The van der Waals surface area contributed by atoms with Crippen LogP contribution in [0.4, 0.5) is 18.9 Å². The fourth-order valence-corrected chi connectivity index (χ4v) is 3.20. The summed E-state index contributed by atoms with van der Waals surface area (Å²) in [5, 5.41) is 15.1. The summed E-state index contributed by atoms with van der Waals surface area (Å²) in [6.45, 7) is 0.474. The van der Waals surface area contributed by atoms with Crippen molar-refractivity contribution < 1.29 is 18.0 Å². The van der Waals surface area contributed by atoms with E-state index >= 15 is 0 Å². The van der Waals surface area contributed by atoms with E-state index in [9.17, 15) is 18.0 Å². The fourth-order valence-electron chi connectivity index (χ4n) is 2.87. The van der Waals surface area contributed by atoms with Crippen molar-refractivity contribution in [2.24, 2.45) is 0 Å². The molecule has 0 aliphatic rings. The average molecular weight is 494 g/mol. The summed E-state index contributed by atoms with van der Waals surface area (Å²) < 4.78 is 44.1. The van der Waals surface area contributed by atoms with Crippen LogP contribution >= 0.6 is 15.9 Å². The van der Waals surface area contributed by atoms with Crippen molar-refractivity contribution in [1.29, 1.82) is 0 Å². The minimum absolute atomic E-state index is 0.133. The molecule has 1 amide bonds. The Hall–Kier alpha value is -3.41. The number of rotatable bonds is 6. The number of hydrogen-bond acceptors (Lipinski definition) is 4. The number of alkyl halides is 3. The first-order valence-electron chi connectivity index (χ1n) is 8.97. The van der Waals surface area contributed by atoms with E-state index in [-0.39, 0.29) is 12.2 Å². The molecule has 4 aromatic rings. The third-order valence-corrected chi connectivity index (χ3v) is 4.66. The van der Waals surface area contributed by atoms with E-state index in [1.807, 2.05) is 0 Å². The predicted molar refractivity (Wildman–Crippen MR) is 108 cm³/mol. The van der Waals surface area contributed by atoms with Crippen LogP contribution in [0.1, 0.15) is 21.6 Å². The first kappa shape index (κ1) is 20.8. The van der Waals surface area contributed by atoms with Crippen molar-refractivity contribution in [3.8, 4) is 0 Å². The van der Waals surface area contributed by atoms with Crippen molar-refractivity contribution in [1.82, 2.24) is 29.3 Å². The second kappa shape index (κ2) is 8.38. The van der Waals surface area contributed by atoms with Gasteiger partial charge in [0.25, 0.3) is 5.91 Å². The molecule has 3 aromatic heterocycles. The van der Waals surface area contributed by atoms with Gasteiger partial charge in [-0.25, -0.2) is 4.68 Å². The van der Waals surface area contributed by atoms with Gasteiger partial charge in [0.15, 0.2) is 5.69 Å². The first-order chi connectivity index (χ1) is 14.8. The summed E-state index contributed by atoms with van der Waals surface area (Å²) in [7, 11) is 0. The Bertz CT molecular complexity index is 1210. The molecule has 12 heteroatoms. The van der Waals surface area contributed by atoms with Crippen molar-refractivity contribution in [3.63, 3.8) is 0 Å². The van der Waals surface area contributed by atoms with Crippen molar-refractivity contribution in [3.05, 3.63) is 82.6 Å². The summed E-state index contributed by atoms with van der Waals surface area (Å²) in [6.07, 6.45) is 3.63. The number of nitrogens with one attached hydrogen (secondary N) is 1. The minimum Gasteiger partial charge on any atom is -0.318 e. The molecule has 0 saturated carbocycles. The van der Waals surface area contributed by atoms with Crippen LogP contribution in [-0.2, 0) is 19.4 Å². The minimum atomic E-state index is -4.41. The highest BCUT2D eigenvalue weighted by molar-refractivity contribution is 9.10. The van der Waals surface area contributed by atoms with Gasteiger partial charge in [0, 0.05) is 18.6 Å². The molecule has 1 N–H and O–H groups in total. The number of anilines is 1. The number of halogens is 4. The van der Waals surface area contributed by atoms with E-state index in [1.54, 1.807) is 40.1 Å². The largest absolute Gasteiger partial charge is 0.416 e. The monoisotopic (exact) mass is 493 g/mol. The van der Waals surface area contributed by atoms with Gasteiger partial charge in [0.05, 0.1) is 34.7 Å². The van der Waals surface area contributed by atoms with Crippen LogP contribution in [0.2, 0.25) is 0 Å². The Kier molecular flexibility index (Phi) is 5.63. The van der Waals surface area contributed by atoms with Gasteiger partial charge in [-0.1, -0.05) is 12.1 Å². The van der Waals surface area contributed by atoms with Crippen LogP contribution in [0.15, 0.2) is 65.8 Å². The van der Waals surface area contributed by atoms with Crippen LogP contribution < -0.4 is 5.32 Å². The van der Waals surface area contributed by atoms with Crippen molar-refractivity contribution in [2.45, 2.75) is 19.4 Å². The Morgan fingerprint density at radius 1 is 1.06 bits per heavy atom. The molecule has 31 heavy (non-hydrogen) atoms. The zero-order valence-electron chi connectivity index (χ0n) is 15.8. The number of amides is 1. The summed E-state index contributed by atoms with van der Waals surface area (Å²) in [5.74, 6) is -0.431. The maximum absolute atomic E-state index is 12.9. The first-order valence-corrected chi connectivity index (χ1v) is 9.77. The standard InChI is InChI=1S/C19H15BrF3N7O/c20-15-7-24-30(10-15)12-28-5-4-17(27-28)18(31)26-16-8-25-29(11-16)9-13-2-1-3-14(6-13)19(21,22)23/h1-8,10-11H,9,12H2,(H,26,31). The molecular weight excluding hydrogens is 479 g/mol. The second-order valence-corrected chi connectivity index (χ2v) is 7.57. The molecular formula is C19H15BrF3N7O. The molecule has 0 aliphatic heterocycles. The molecule has 0 saturated heterocycles. The summed E-state index contributed by atoms with van der Waals surface area (Å²) >= 11 is 3.31. The highest BCUT2D eigenvalue weighted by atomic mass is 79.9. The van der Waals surface area contributed by atoms with E-state index in [1.165, 1.54) is 23.1 Å². The van der Waals surface area contributed by atoms with Gasteiger partial charge in [-0.2, -0.15) is 28.5 Å². The van der Waals surface area contributed by atoms with Gasteiger partial charge in [-0.15, -0.1) is 0 Å². The molecule has 0 fully saturated rings. The highest BCUT2D eigenvalue weighted by Crippen LogP contribution is 2.29. The molecule has 0 unspecified atom stereocenters. The topological polar surface area (TPSA) is 82.6 Å². The molecule has 8 nitrogen and oxygen atoms in total. The Balaban J connectivity index is 1.38. The zero-order chi connectivity index (χ0) is 22.0. The lowest BCUT2D eigenvalue weighted by atomic mass is 10.1. The van der Waals surface area contributed by atoms with Crippen molar-refractivity contribution >= 4 is 27.5 Å². The molecule has 0 radical (unpaired) electrons. The van der Waals surface area contributed by atoms with Gasteiger partial charge in [-0.05, 0) is 39.7 Å². The summed E-state index contributed by atoms with van der Waals surface area (Å²) in [4.78, 5) is 12.4. The Labute approximate surface area is 182 Å². The quantitative estimate of drug-likeness (QED) is 0.442. The SMILES string of the molecule is O=C(Nc1cnn(Cc2cccc(C(F)(F)F)c2)c1)c1ccn(Cn2cc(Br)cn2)n1. The van der Waals surface area contributed by atoms with Gasteiger partial charge in [0.2, 0.25) is 0 Å². The molecule has 3 heterocycles. The number of carbonyl (C=O) groups excluding carboxylic acids is 1. The molecule has 0 aliphatic carbocycles. The van der Waals surface area contributed by atoms with Gasteiger partial charge < -0.3 is 5.32 Å². The molecule has 1 aromatic carbocycles. The number of hydrogen-bond donors (Lipinski definition) is 1. The molecule has 160 valence electrons. The van der Waals surface area contributed by atoms with Crippen molar-refractivity contribution in [2.75, 3.05) is 5.32 Å². The average Bonchev–Trinajstić information content (AvgIpc) is 3.44. The van der Waals surface area contributed by atoms with E-state index in [4.69, 9.17) is 0 Å². The van der Waals surface area contributed by atoms with Gasteiger partial charge >= 0.3 is 6.18 Å². The van der Waals surface area contributed by atoms with Crippen LogP contribution in [0.25, 0.3) is 0 Å². The third-order valence-electron chi connectivity index (χ3n) is 4.25. The van der Waals surface area contributed by atoms with Gasteiger partial charge in [0.1, 0.15) is 6.67 Å². The molecule has 0 bridgehead atoms. The summed E-state index contributed by atoms with van der Waals surface area (Å²) in [5.41, 5.74) is 0.336.